The normalized spacial score (nSPS) is 11.5. The van der Waals surface area contributed by atoms with Gasteiger partial charge in [0.2, 0.25) is 0 Å². The Morgan fingerprint density at radius 2 is 2.21 bits per heavy atom. The molecule has 0 amide bonds. The molecule has 2 N–H and O–H groups in total. The molecular formula is C18H26FN5. The first kappa shape index (κ1) is 18.0. The number of hydrogen-bond acceptors (Lipinski definition) is 2. The largest absolute Gasteiger partial charge is 0.357 e. The number of nitrogens with zero attached hydrogens (tertiary/aromatic N) is 3. The van der Waals surface area contributed by atoms with Crippen LogP contribution in [0.5, 0.6) is 0 Å². The Kier molecular flexibility index (Phi) is 7.26. The molecule has 0 spiro atoms. The van der Waals surface area contributed by atoms with Crippen LogP contribution < -0.4 is 10.6 Å². The molecule has 0 radical (unpaired) electrons. The second kappa shape index (κ2) is 9.70. The molecule has 0 unspecified atom stereocenters. The van der Waals surface area contributed by atoms with E-state index in [0.29, 0.717) is 6.54 Å². The molecule has 0 aliphatic rings. The lowest BCUT2D eigenvalue weighted by Crippen LogP contribution is -2.38. The lowest BCUT2D eigenvalue weighted by molar-refractivity contribution is 0.583. The highest BCUT2D eigenvalue weighted by atomic mass is 19.1. The number of guanidine groups is 1. The SMILES string of the molecule is CCNC(=NCCCn1cc(C)cn1)NCCc1cccc(F)c1. The van der Waals surface area contributed by atoms with Crippen LogP contribution in [-0.4, -0.2) is 35.4 Å². The van der Waals surface area contributed by atoms with E-state index in [-0.39, 0.29) is 5.82 Å². The van der Waals surface area contributed by atoms with Gasteiger partial charge in [0.15, 0.2) is 5.96 Å². The molecule has 2 rings (SSSR count). The zero-order valence-corrected chi connectivity index (χ0v) is 14.4. The molecule has 0 aliphatic carbocycles. The van der Waals surface area contributed by atoms with Crippen LogP contribution in [0.2, 0.25) is 0 Å². The van der Waals surface area contributed by atoms with E-state index in [9.17, 15) is 4.39 Å². The molecule has 1 aromatic carbocycles. The topological polar surface area (TPSA) is 54.2 Å². The fourth-order valence-electron chi connectivity index (χ4n) is 2.37. The van der Waals surface area contributed by atoms with Crippen molar-refractivity contribution in [3.8, 4) is 0 Å². The fourth-order valence-corrected chi connectivity index (χ4v) is 2.37. The molecule has 0 bridgehead atoms. The lowest BCUT2D eigenvalue weighted by Gasteiger charge is -2.11. The number of aliphatic imine (C=N–C) groups is 1. The fraction of sp³-hybridized carbons (Fsp3) is 0.444. The minimum atomic E-state index is -0.193. The van der Waals surface area contributed by atoms with Crippen LogP contribution in [0.4, 0.5) is 4.39 Å². The van der Waals surface area contributed by atoms with Crippen molar-refractivity contribution in [2.45, 2.75) is 33.2 Å². The summed E-state index contributed by atoms with van der Waals surface area (Å²) in [4.78, 5) is 4.56. The predicted molar refractivity (Wildman–Crippen MR) is 95.7 cm³/mol. The van der Waals surface area contributed by atoms with E-state index in [1.807, 2.05) is 37.0 Å². The Bertz CT molecular complexity index is 650. The average Bonchev–Trinajstić information content (AvgIpc) is 2.97. The molecule has 1 heterocycles. The minimum absolute atomic E-state index is 0.193. The number of halogens is 1. The predicted octanol–water partition coefficient (Wildman–Crippen LogP) is 2.52. The summed E-state index contributed by atoms with van der Waals surface area (Å²) >= 11 is 0. The van der Waals surface area contributed by atoms with Crippen LogP contribution in [-0.2, 0) is 13.0 Å². The molecule has 24 heavy (non-hydrogen) atoms. The maximum atomic E-state index is 13.2. The highest BCUT2D eigenvalue weighted by molar-refractivity contribution is 5.79. The monoisotopic (exact) mass is 331 g/mol. The summed E-state index contributed by atoms with van der Waals surface area (Å²) in [6.45, 7) is 7.19. The van der Waals surface area contributed by atoms with E-state index in [1.54, 1.807) is 12.1 Å². The number of rotatable bonds is 8. The maximum Gasteiger partial charge on any atom is 0.191 e. The van der Waals surface area contributed by atoms with E-state index < -0.39 is 0 Å². The van der Waals surface area contributed by atoms with Crippen LogP contribution in [0, 0.1) is 12.7 Å². The summed E-state index contributed by atoms with van der Waals surface area (Å²) in [5, 5.41) is 10.8. The van der Waals surface area contributed by atoms with Gasteiger partial charge in [0.25, 0.3) is 0 Å². The second-order valence-electron chi connectivity index (χ2n) is 5.70. The first-order valence-electron chi connectivity index (χ1n) is 8.43. The summed E-state index contributed by atoms with van der Waals surface area (Å²) in [6.07, 6.45) is 5.59. The third-order valence-corrected chi connectivity index (χ3v) is 3.52. The maximum absolute atomic E-state index is 13.2. The van der Waals surface area contributed by atoms with Crippen LogP contribution >= 0.6 is 0 Å². The van der Waals surface area contributed by atoms with Gasteiger partial charge in [-0.05, 0) is 49.9 Å². The number of nitrogens with one attached hydrogen (secondary N) is 2. The lowest BCUT2D eigenvalue weighted by atomic mass is 10.1. The Hall–Kier alpha value is -2.37. The zero-order chi connectivity index (χ0) is 17.2. The van der Waals surface area contributed by atoms with Gasteiger partial charge in [-0.15, -0.1) is 0 Å². The molecule has 0 saturated heterocycles. The van der Waals surface area contributed by atoms with Gasteiger partial charge < -0.3 is 10.6 Å². The first-order valence-corrected chi connectivity index (χ1v) is 8.43. The molecule has 0 saturated carbocycles. The highest BCUT2D eigenvalue weighted by Crippen LogP contribution is 2.03. The Morgan fingerprint density at radius 3 is 2.92 bits per heavy atom. The Labute approximate surface area is 143 Å². The van der Waals surface area contributed by atoms with Crippen LogP contribution in [0.3, 0.4) is 0 Å². The number of benzene rings is 1. The Balaban J connectivity index is 1.73. The third kappa shape index (κ3) is 6.40. The van der Waals surface area contributed by atoms with Crippen LogP contribution in [0.25, 0.3) is 0 Å². The zero-order valence-electron chi connectivity index (χ0n) is 14.4. The minimum Gasteiger partial charge on any atom is -0.357 e. The van der Waals surface area contributed by atoms with Crippen molar-refractivity contribution in [2.24, 2.45) is 4.99 Å². The van der Waals surface area contributed by atoms with Gasteiger partial charge in [0.1, 0.15) is 5.82 Å². The van der Waals surface area contributed by atoms with Crippen LogP contribution in [0.1, 0.15) is 24.5 Å². The third-order valence-electron chi connectivity index (χ3n) is 3.52. The van der Waals surface area contributed by atoms with Gasteiger partial charge in [-0.3, -0.25) is 9.67 Å². The van der Waals surface area contributed by atoms with Gasteiger partial charge in [0.05, 0.1) is 6.20 Å². The summed E-state index contributed by atoms with van der Waals surface area (Å²) in [6, 6.07) is 6.70. The second-order valence-corrected chi connectivity index (χ2v) is 5.70. The molecule has 0 fully saturated rings. The summed E-state index contributed by atoms with van der Waals surface area (Å²) in [5.74, 6) is 0.604. The van der Waals surface area contributed by atoms with E-state index in [1.165, 1.54) is 11.6 Å². The van der Waals surface area contributed by atoms with Gasteiger partial charge in [-0.1, -0.05) is 12.1 Å². The van der Waals surface area contributed by atoms with E-state index in [4.69, 9.17) is 0 Å². The van der Waals surface area contributed by atoms with E-state index in [0.717, 1.165) is 44.0 Å². The van der Waals surface area contributed by atoms with Crippen molar-refractivity contribution >= 4 is 5.96 Å². The summed E-state index contributed by atoms with van der Waals surface area (Å²) in [7, 11) is 0. The summed E-state index contributed by atoms with van der Waals surface area (Å²) in [5.41, 5.74) is 2.15. The quantitative estimate of drug-likeness (QED) is 0.444. The first-order chi connectivity index (χ1) is 11.7. The van der Waals surface area contributed by atoms with E-state index in [2.05, 4.69) is 20.7 Å². The molecule has 0 aliphatic heterocycles. The van der Waals surface area contributed by atoms with Crippen molar-refractivity contribution in [2.75, 3.05) is 19.6 Å². The molecular weight excluding hydrogens is 305 g/mol. The van der Waals surface area contributed by atoms with Gasteiger partial charge in [0, 0.05) is 32.4 Å². The smallest absolute Gasteiger partial charge is 0.191 e. The molecule has 5 nitrogen and oxygen atoms in total. The molecule has 1 aromatic heterocycles. The van der Waals surface area contributed by atoms with Crippen molar-refractivity contribution < 1.29 is 4.39 Å². The van der Waals surface area contributed by atoms with Crippen molar-refractivity contribution in [3.63, 3.8) is 0 Å². The van der Waals surface area contributed by atoms with Crippen molar-refractivity contribution in [1.29, 1.82) is 0 Å². The van der Waals surface area contributed by atoms with Crippen molar-refractivity contribution in [1.82, 2.24) is 20.4 Å². The van der Waals surface area contributed by atoms with E-state index >= 15 is 0 Å². The average molecular weight is 331 g/mol. The molecule has 2 aromatic rings. The highest BCUT2D eigenvalue weighted by Gasteiger charge is 1.99. The van der Waals surface area contributed by atoms with Gasteiger partial charge >= 0.3 is 0 Å². The number of hydrogen-bond donors (Lipinski definition) is 2. The van der Waals surface area contributed by atoms with Gasteiger partial charge in [-0.25, -0.2) is 4.39 Å². The number of aryl methyl sites for hydroxylation is 2. The number of aromatic nitrogens is 2. The van der Waals surface area contributed by atoms with Crippen molar-refractivity contribution in [3.05, 3.63) is 53.6 Å². The standard InChI is InChI=1S/C18H26FN5/c1-3-20-18(21-9-5-11-24-14-15(2)13-23-24)22-10-8-16-6-4-7-17(19)12-16/h4,6-7,12-14H,3,5,8-11H2,1-2H3,(H2,20,21,22). The van der Waals surface area contributed by atoms with Gasteiger partial charge in [-0.2, -0.15) is 5.10 Å². The molecule has 0 atom stereocenters. The molecule has 130 valence electrons. The summed E-state index contributed by atoms with van der Waals surface area (Å²) < 4.78 is 15.1. The Morgan fingerprint density at radius 1 is 1.33 bits per heavy atom. The molecule has 6 heteroatoms. The van der Waals surface area contributed by atoms with Crippen LogP contribution in [0.15, 0.2) is 41.7 Å².